The maximum atomic E-state index is 13.0. The SMILES string of the molecule is CCCCNC(=O)[C@@H](C)N(Cc1c(Cl)cccc1Cl)C(=O)COc1cccc(C)c1. The van der Waals surface area contributed by atoms with Gasteiger partial charge in [-0.05, 0) is 50.1 Å². The third-order valence-corrected chi connectivity index (χ3v) is 5.45. The molecule has 1 atom stereocenters. The second kappa shape index (κ2) is 11.8. The van der Waals surface area contributed by atoms with Crippen LogP contribution in [0, 0.1) is 6.92 Å². The van der Waals surface area contributed by atoms with E-state index in [0.29, 0.717) is 27.9 Å². The summed E-state index contributed by atoms with van der Waals surface area (Å²) in [5.74, 6) is 0.0419. The van der Waals surface area contributed by atoms with Gasteiger partial charge in [0, 0.05) is 28.7 Å². The van der Waals surface area contributed by atoms with Gasteiger partial charge in [-0.1, -0.05) is 54.7 Å². The molecule has 0 spiro atoms. The summed E-state index contributed by atoms with van der Waals surface area (Å²) in [6.45, 7) is 6.16. The summed E-state index contributed by atoms with van der Waals surface area (Å²) < 4.78 is 5.67. The van der Waals surface area contributed by atoms with Crippen molar-refractivity contribution in [1.29, 1.82) is 0 Å². The van der Waals surface area contributed by atoms with Crippen molar-refractivity contribution in [3.8, 4) is 5.75 Å². The highest BCUT2D eigenvalue weighted by Crippen LogP contribution is 2.26. The van der Waals surface area contributed by atoms with E-state index in [4.69, 9.17) is 27.9 Å². The number of nitrogens with zero attached hydrogens (tertiary/aromatic N) is 1. The van der Waals surface area contributed by atoms with Gasteiger partial charge in [-0.2, -0.15) is 0 Å². The molecule has 0 saturated heterocycles. The van der Waals surface area contributed by atoms with Crippen molar-refractivity contribution >= 4 is 35.0 Å². The van der Waals surface area contributed by atoms with E-state index in [1.165, 1.54) is 4.90 Å². The van der Waals surface area contributed by atoms with Crippen LogP contribution < -0.4 is 10.1 Å². The molecule has 2 aromatic rings. The lowest BCUT2D eigenvalue weighted by atomic mass is 10.1. The lowest BCUT2D eigenvalue weighted by Gasteiger charge is -2.29. The van der Waals surface area contributed by atoms with Gasteiger partial charge >= 0.3 is 0 Å². The van der Waals surface area contributed by atoms with Gasteiger partial charge in [0.25, 0.3) is 5.91 Å². The van der Waals surface area contributed by atoms with Gasteiger partial charge in [0.15, 0.2) is 6.61 Å². The number of rotatable bonds is 10. The van der Waals surface area contributed by atoms with Crippen molar-refractivity contribution in [2.45, 2.75) is 46.2 Å². The molecule has 0 heterocycles. The summed E-state index contributed by atoms with van der Waals surface area (Å²) in [5.41, 5.74) is 1.63. The number of halogens is 2. The van der Waals surface area contributed by atoms with E-state index >= 15 is 0 Å². The number of ether oxygens (including phenoxy) is 1. The highest BCUT2D eigenvalue weighted by atomic mass is 35.5. The van der Waals surface area contributed by atoms with Crippen LogP contribution in [0.25, 0.3) is 0 Å². The summed E-state index contributed by atoms with van der Waals surface area (Å²) in [5, 5.41) is 3.76. The van der Waals surface area contributed by atoms with E-state index in [9.17, 15) is 9.59 Å². The summed E-state index contributed by atoms with van der Waals surface area (Å²) in [6.07, 6.45) is 1.84. The number of hydrogen-bond acceptors (Lipinski definition) is 3. The van der Waals surface area contributed by atoms with Crippen LogP contribution in [0.1, 0.15) is 37.8 Å². The smallest absolute Gasteiger partial charge is 0.261 e. The first-order valence-electron chi connectivity index (χ1n) is 10.0. The zero-order valence-corrected chi connectivity index (χ0v) is 19.1. The second-order valence-electron chi connectivity index (χ2n) is 7.15. The first-order valence-corrected chi connectivity index (χ1v) is 10.8. The Morgan fingerprint density at radius 1 is 1.13 bits per heavy atom. The van der Waals surface area contributed by atoms with Gasteiger partial charge in [0.05, 0.1) is 0 Å². The maximum absolute atomic E-state index is 13.0. The van der Waals surface area contributed by atoms with Crippen LogP contribution in [0.15, 0.2) is 42.5 Å². The molecule has 0 saturated carbocycles. The molecule has 30 heavy (non-hydrogen) atoms. The predicted octanol–water partition coefficient (Wildman–Crippen LogP) is 5.01. The molecule has 162 valence electrons. The molecule has 1 N–H and O–H groups in total. The third kappa shape index (κ3) is 6.92. The first-order chi connectivity index (χ1) is 14.3. The molecule has 0 aliphatic carbocycles. The normalized spacial score (nSPS) is 11.6. The van der Waals surface area contributed by atoms with Crippen molar-refractivity contribution in [3.05, 3.63) is 63.6 Å². The van der Waals surface area contributed by atoms with Crippen LogP contribution >= 0.6 is 23.2 Å². The number of carbonyl (C=O) groups is 2. The van der Waals surface area contributed by atoms with E-state index in [2.05, 4.69) is 5.32 Å². The summed E-state index contributed by atoms with van der Waals surface area (Å²) in [6, 6.07) is 11.9. The highest BCUT2D eigenvalue weighted by molar-refractivity contribution is 6.36. The zero-order chi connectivity index (χ0) is 22.1. The molecule has 2 amide bonds. The quantitative estimate of drug-likeness (QED) is 0.517. The third-order valence-electron chi connectivity index (χ3n) is 4.74. The summed E-state index contributed by atoms with van der Waals surface area (Å²) in [4.78, 5) is 27.1. The van der Waals surface area contributed by atoms with Crippen LogP contribution in [0.2, 0.25) is 10.0 Å². The fraction of sp³-hybridized carbons (Fsp3) is 0.391. The predicted molar refractivity (Wildman–Crippen MR) is 121 cm³/mol. The van der Waals surface area contributed by atoms with Crippen LogP contribution in [0.3, 0.4) is 0 Å². The van der Waals surface area contributed by atoms with Gasteiger partial charge in [0.2, 0.25) is 5.91 Å². The fourth-order valence-electron chi connectivity index (χ4n) is 2.91. The number of carbonyl (C=O) groups excluding carboxylic acids is 2. The lowest BCUT2D eigenvalue weighted by Crippen LogP contribution is -2.49. The molecule has 0 radical (unpaired) electrons. The molecular formula is C23H28Cl2N2O3. The van der Waals surface area contributed by atoms with Gasteiger partial charge in [-0.25, -0.2) is 0 Å². The number of benzene rings is 2. The van der Waals surface area contributed by atoms with Crippen molar-refractivity contribution in [3.63, 3.8) is 0 Å². The minimum Gasteiger partial charge on any atom is -0.484 e. The summed E-state index contributed by atoms with van der Waals surface area (Å²) >= 11 is 12.6. The molecule has 0 aliphatic heterocycles. The largest absolute Gasteiger partial charge is 0.484 e. The van der Waals surface area contributed by atoms with Crippen LogP contribution in [-0.4, -0.2) is 35.9 Å². The molecular weight excluding hydrogens is 423 g/mol. The Hall–Kier alpha value is -2.24. The number of nitrogens with one attached hydrogen (secondary N) is 1. The molecule has 0 unspecified atom stereocenters. The highest BCUT2D eigenvalue weighted by Gasteiger charge is 2.27. The van der Waals surface area contributed by atoms with E-state index in [-0.39, 0.29) is 25.0 Å². The molecule has 0 bridgehead atoms. The molecule has 7 heteroatoms. The van der Waals surface area contributed by atoms with Crippen molar-refractivity contribution < 1.29 is 14.3 Å². The lowest BCUT2D eigenvalue weighted by molar-refractivity contribution is -0.142. The zero-order valence-electron chi connectivity index (χ0n) is 17.6. The Labute approximate surface area is 188 Å². The van der Waals surface area contributed by atoms with Gasteiger partial charge < -0.3 is 15.0 Å². The topological polar surface area (TPSA) is 58.6 Å². The first kappa shape index (κ1) is 24.0. The molecule has 0 aromatic heterocycles. The molecule has 2 aromatic carbocycles. The van der Waals surface area contributed by atoms with Crippen LogP contribution in [0.4, 0.5) is 0 Å². The number of amides is 2. The fourth-order valence-corrected chi connectivity index (χ4v) is 3.42. The van der Waals surface area contributed by atoms with Crippen LogP contribution in [0.5, 0.6) is 5.75 Å². The monoisotopic (exact) mass is 450 g/mol. The number of aryl methyl sites for hydroxylation is 1. The average Bonchev–Trinajstić information content (AvgIpc) is 2.71. The minimum absolute atomic E-state index is 0.108. The number of hydrogen-bond donors (Lipinski definition) is 1. The minimum atomic E-state index is -0.706. The average molecular weight is 451 g/mol. The van der Waals surface area contributed by atoms with Gasteiger partial charge in [0.1, 0.15) is 11.8 Å². The summed E-state index contributed by atoms with van der Waals surface area (Å²) in [7, 11) is 0. The standard InChI is InChI=1S/C23H28Cl2N2O3/c1-4-5-12-26-23(29)17(3)27(14-19-20(24)10-7-11-21(19)25)22(28)15-30-18-9-6-8-16(2)13-18/h6-11,13,17H,4-5,12,14-15H2,1-3H3,(H,26,29)/t17-/m1/s1. The Morgan fingerprint density at radius 3 is 2.43 bits per heavy atom. The maximum Gasteiger partial charge on any atom is 0.261 e. The van der Waals surface area contributed by atoms with Crippen LogP contribution in [-0.2, 0) is 16.1 Å². The molecule has 0 fully saturated rings. The Morgan fingerprint density at radius 2 is 1.80 bits per heavy atom. The van der Waals surface area contributed by atoms with Gasteiger partial charge in [-0.3, -0.25) is 9.59 Å². The van der Waals surface area contributed by atoms with E-state index in [1.54, 1.807) is 31.2 Å². The molecule has 2 rings (SSSR count). The Bertz CT molecular complexity index is 853. The van der Waals surface area contributed by atoms with E-state index in [0.717, 1.165) is 18.4 Å². The molecule has 0 aliphatic rings. The van der Waals surface area contributed by atoms with Gasteiger partial charge in [-0.15, -0.1) is 0 Å². The Kier molecular flexibility index (Phi) is 9.47. The van der Waals surface area contributed by atoms with E-state index in [1.807, 2.05) is 32.0 Å². The number of unbranched alkanes of at least 4 members (excludes halogenated alkanes) is 1. The van der Waals surface area contributed by atoms with Crippen molar-refractivity contribution in [2.75, 3.05) is 13.2 Å². The van der Waals surface area contributed by atoms with E-state index < -0.39 is 6.04 Å². The van der Waals surface area contributed by atoms with Crippen molar-refractivity contribution in [2.24, 2.45) is 0 Å². The second-order valence-corrected chi connectivity index (χ2v) is 7.96. The molecule has 5 nitrogen and oxygen atoms in total. The Balaban J connectivity index is 2.18. The van der Waals surface area contributed by atoms with Crippen molar-refractivity contribution in [1.82, 2.24) is 10.2 Å².